The average Bonchev–Trinajstić information content (AvgIpc) is 2.79. The highest BCUT2D eigenvalue weighted by Crippen LogP contribution is 2.16. The Bertz CT molecular complexity index is 805. The van der Waals surface area contributed by atoms with Crippen LogP contribution in [-0.2, 0) is 22.6 Å². The summed E-state index contributed by atoms with van der Waals surface area (Å²) in [6.07, 6.45) is 2.09. The second-order valence-electron chi connectivity index (χ2n) is 7.34. The lowest BCUT2D eigenvalue weighted by molar-refractivity contribution is -0.142. The van der Waals surface area contributed by atoms with Gasteiger partial charge in [0.1, 0.15) is 18.4 Å². The lowest BCUT2D eigenvalue weighted by atomic mass is 10.1. The Morgan fingerprint density at radius 2 is 1.73 bits per heavy atom. The summed E-state index contributed by atoms with van der Waals surface area (Å²) in [6, 6.07) is 16.5. The maximum absolute atomic E-state index is 12.3. The van der Waals surface area contributed by atoms with Crippen molar-refractivity contribution in [3.63, 3.8) is 0 Å². The van der Waals surface area contributed by atoms with Crippen molar-refractivity contribution in [2.24, 2.45) is 0 Å². The van der Waals surface area contributed by atoms with Crippen LogP contribution in [0.15, 0.2) is 54.6 Å². The zero-order valence-electron chi connectivity index (χ0n) is 17.2. The van der Waals surface area contributed by atoms with Crippen LogP contribution in [0.5, 0.6) is 5.75 Å². The molecule has 1 aliphatic heterocycles. The summed E-state index contributed by atoms with van der Waals surface area (Å²) in [4.78, 5) is 24.5. The zero-order valence-corrected chi connectivity index (χ0v) is 17.2. The van der Waals surface area contributed by atoms with Gasteiger partial charge in [-0.05, 0) is 49.2 Å². The molecule has 2 aromatic carbocycles. The van der Waals surface area contributed by atoms with Crippen LogP contribution in [0.2, 0.25) is 0 Å². The molecule has 1 fully saturated rings. The Balaban J connectivity index is 1.53. The molecule has 3 rings (SSSR count). The number of piperidine rings is 1. The Morgan fingerprint density at radius 1 is 1.03 bits per heavy atom. The number of urea groups is 1. The third kappa shape index (κ3) is 6.77. The summed E-state index contributed by atoms with van der Waals surface area (Å²) >= 11 is 0. The second kappa shape index (κ2) is 11.2. The molecule has 7 nitrogen and oxygen atoms in total. The summed E-state index contributed by atoms with van der Waals surface area (Å²) in [5.74, 6) is 0.272. The number of amides is 2. The number of ether oxygens (including phenoxy) is 2. The van der Waals surface area contributed by atoms with Gasteiger partial charge in [0, 0.05) is 12.5 Å². The number of nitrogens with one attached hydrogen (secondary N) is 3. The van der Waals surface area contributed by atoms with Crippen molar-refractivity contribution in [1.82, 2.24) is 16.0 Å². The van der Waals surface area contributed by atoms with Gasteiger partial charge in [0.2, 0.25) is 0 Å². The third-order valence-electron chi connectivity index (χ3n) is 5.08. The van der Waals surface area contributed by atoms with Crippen LogP contribution in [0, 0.1) is 0 Å². The van der Waals surface area contributed by atoms with Crippen LogP contribution < -0.4 is 20.7 Å². The molecule has 1 aliphatic rings. The molecule has 2 aromatic rings. The molecule has 1 heterocycles. The van der Waals surface area contributed by atoms with E-state index in [-0.39, 0.29) is 12.1 Å². The number of methoxy groups -OCH3 is 1. The number of hydrogen-bond donors (Lipinski definition) is 3. The van der Waals surface area contributed by atoms with Crippen LogP contribution in [0.3, 0.4) is 0 Å². The monoisotopic (exact) mass is 411 g/mol. The van der Waals surface area contributed by atoms with Gasteiger partial charge < -0.3 is 25.4 Å². The molecule has 1 atom stereocenters. The molecular weight excluding hydrogens is 382 g/mol. The van der Waals surface area contributed by atoms with Crippen molar-refractivity contribution in [2.75, 3.05) is 20.2 Å². The maximum Gasteiger partial charge on any atom is 0.328 e. The molecule has 0 aliphatic carbocycles. The van der Waals surface area contributed by atoms with Crippen molar-refractivity contribution in [3.8, 4) is 5.75 Å². The zero-order chi connectivity index (χ0) is 21.2. The smallest absolute Gasteiger partial charge is 0.328 e. The van der Waals surface area contributed by atoms with Crippen LogP contribution in [0.1, 0.15) is 24.0 Å². The van der Waals surface area contributed by atoms with Crippen molar-refractivity contribution in [3.05, 3.63) is 65.7 Å². The van der Waals surface area contributed by atoms with E-state index in [9.17, 15) is 9.59 Å². The number of rotatable bonds is 8. The van der Waals surface area contributed by atoms with Crippen molar-refractivity contribution < 1.29 is 19.1 Å². The van der Waals surface area contributed by atoms with Gasteiger partial charge in [0.05, 0.1) is 7.11 Å². The molecule has 0 unspecified atom stereocenters. The molecular formula is C23H29N3O4. The summed E-state index contributed by atoms with van der Waals surface area (Å²) in [6.45, 7) is 2.25. The lowest BCUT2D eigenvalue weighted by Crippen LogP contribution is -2.52. The Labute approximate surface area is 177 Å². The molecule has 0 radical (unpaired) electrons. The highest BCUT2D eigenvalue weighted by molar-refractivity contribution is 5.83. The maximum atomic E-state index is 12.3. The highest BCUT2D eigenvalue weighted by Gasteiger charge is 2.23. The van der Waals surface area contributed by atoms with Crippen molar-refractivity contribution in [2.45, 2.75) is 38.0 Å². The normalized spacial score (nSPS) is 15.1. The molecule has 0 aromatic heterocycles. The molecule has 30 heavy (non-hydrogen) atoms. The minimum absolute atomic E-state index is 0.116. The van der Waals surface area contributed by atoms with E-state index in [1.165, 1.54) is 7.11 Å². The van der Waals surface area contributed by atoms with E-state index < -0.39 is 12.0 Å². The summed E-state index contributed by atoms with van der Waals surface area (Å²) in [5.41, 5.74) is 2.00. The lowest BCUT2D eigenvalue weighted by Gasteiger charge is -2.25. The topological polar surface area (TPSA) is 88.7 Å². The van der Waals surface area contributed by atoms with Gasteiger partial charge in [-0.3, -0.25) is 0 Å². The largest absolute Gasteiger partial charge is 0.489 e. The summed E-state index contributed by atoms with van der Waals surface area (Å²) in [5, 5.41) is 8.94. The first-order valence-electron chi connectivity index (χ1n) is 10.3. The standard InChI is InChI=1S/C23H29N3O4/c1-29-22(27)21(26-23(28)25-19-11-13-24-14-12-19)15-17-7-9-20(10-8-17)30-16-18-5-3-2-4-6-18/h2-10,19,21,24H,11-16H2,1H3,(H2,25,26,28)/t21-/m0/s1. The van der Waals surface area contributed by atoms with Crippen molar-refractivity contribution >= 4 is 12.0 Å². The van der Waals surface area contributed by atoms with E-state index in [2.05, 4.69) is 16.0 Å². The van der Waals surface area contributed by atoms with E-state index in [1.807, 2.05) is 54.6 Å². The van der Waals surface area contributed by atoms with Crippen molar-refractivity contribution in [1.29, 1.82) is 0 Å². The Hall–Kier alpha value is -3.06. The Morgan fingerprint density at radius 3 is 2.40 bits per heavy atom. The van der Waals surface area contributed by atoms with E-state index >= 15 is 0 Å². The molecule has 2 amide bonds. The minimum atomic E-state index is -0.757. The van der Waals surface area contributed by atoms with Crippen LogP contribution in [0.4, 0.5) is 4.79 Å². The van der Waals surface area contributed by atoms with Crippen LogP contribution in [-0.4, -0.2) is 44.3 Å². The van der Waals surface area contributed by atoms with E-state index in [0.29, 0.717) is 13.0 Å². The van der Waals surface area contributed by atoms with Gasteiger partial charge in [0.25, 0.3) is 0 Å². The van der Waals surface area contributed by atoms with Gasteiger partial charge in [-0.25, -0.2) is 9.59 Å². The second-order valence-corrected chi connectivity index (χ2v) is 7.34. The first kappa shape index (κ1) is 21.6. The van der Waals surface area contributed by atoms with E-state index in [1.54, 1.807) is 0 Å². The molecule has 0 bridgehead atoms. The predicted molar refractivity (Wildman–Crippen MR) is 114 cm³/mol. The summed E-state index contributed by atoms with van der Waals surface area (Å²) in [7, 11) is 1.32. The molecule has 1 saturated heterocycles. The predicted octanol–water partition coefficient (Wildman–Crippen LogP) is 2.40. The highest BCUT2D eigenvalue weighted by atomic mass is 16.5. The average molecular weight is 412 g/mol. The molecule has 3 N–H and O–H groups in total. The fourth-order valence-electron chi connectivity index (χ4n) is 3.39. The van der Waals surface area contributed by atoms with Gasteiger partial charge in [-0.2, -0.15) is 0 Å². The minimum Gasteiger partial charge on any atom is -0.489 e. The molecule has 0 saturated carbocycles. The van der Waals surface area contributed by atoms with Gasteiger partial charge in [-0.15, -0.1) is 0 Å². The molecule has 0 spiro atoms. The van der Waals surface area contributed by atoms with Gasteiger partial charge in [0.15, 0.2) is 0 Å². The first-order valence-corrected chi connectivity index (χ1v) is 10.3. The number of carbonyl (C=O) groups is 2. The number of hydrogen-bond acceptors (Lipinski definition) is 5. The quantitative estimate of drug-likeness (QED) is 0.581. The summed E-state index contributed by atoms with van der Waals surface area (Å²) < 4.78 is 10.7. The van der Waals surface area contributed by atoms with E-state index in [0.717, 1.165) is 42.8 Å². The molecule has 160 valence electrons. The van der Waals surface area contributed by atoms with Crippen LogP contribution >= 0.6 is 0 Å². The Kier molecular flexibility index (Phi) is 8.09. The van der Waals surface area contributed by atoms with Crippen LogP contribution in [0.25, 0.3) is 0 Å². The number of esters is 1. The number of benzene rings is 2. The SMILES string of the molecule is COC(=O)[C@H](Cc1ccc(OCc2ccccc2)cc1)NC(=O)NC1CCNCC1. The third-order valence-corrected chi connectivity index (χ3v) is 5.08. The fourth-order valence-corrected chi connectivity index (χ4v) is 3.39. The van der Waals surface area contributed by atoms with E-state index in [4.69, 9.17) is 9.47 Å². The van der Waals surface area contributed by atoms with Gasteiger partial charge in [-0.1, -0.05) is 42.5 Å². The molecule has 7 heteroatoms. The number of carbonyl (C=O) groups excluding carboxylic acids is 2. The first-order chi connectivity index (χ1) is 14.6. The fraction of sp³-hybridized carbons (Fsp3) is 0.391. The van der Waals surface area contributed by atoms with Gasteiger partial charge >= 0.3 is 12.0 Å².